The normalized spacial score (nSPS) is 16.8. The number of hydrogen-bond acceptors (Lipinski definition) is 4. The maximum atomic E-state index is 5.94. The summed E-state index contributed by atoms with van der Waals surface area (Å²) in [6, 6.07) is 14.8. The number of ether oxygens (including phenoxy) is 2. The molecule has 1 aromatic heterocycles. The number of hydrogen-bond donors (Lipinski definition) is 0. The number of fused-ring (bicyclic) bond motifs is 2. The molecule has 0 spiro atoms. The van der Waals surface area contributed by atoms with Gasteiger partial charge in [0.25, 0.3) is 0 Å². The van der Waals surface area contributed by atoms with E-state index in [1.54, 1.807) is 0 Å². The van der Waals surface area contributed by atoms with Crippen molar-refractivity contribution in [1.82, 2.24) is 9.88 Å². The molecule has 4 heteroatoms. The highest BCUT2D eigenvalue weighted by Gasteiger charge is 2.11. The van der Waals surface area contributed by atoms with Gasteiger partial charge in [-0.3, -0.25) is 9.88 Å². The van der Waals surface area contributed by atoms with Gasteiger partial charge in [-0.15, -0.1) is 0 Å². The van der Waals surface area contributed by atoms with Gasteiger partial charge in [-0.25, -0.2) is 0 Å². The average Bonchev–Trinajstić information content (AvgIpc) is 2.70. The molecule has 0 N–H and O–H groups in total. The maximum Gasteiger partial charge on any atom is 0.123 e. The van der Waals surface area contributed by atoms with Crippen molar-refractivity contribution in [3.8, 4) is 5.75 Å². The van der Waals surface area contributed by atoms with E-state index in [9.17, 15) is 0 Å². The Morgan fingerprint density at radius 2 is 1.78 bits per heavy atom. The SMILES string of the molecule is CCCOc1ccccc1CN1CCCc2cccc(n2)CCCOCC1. The molecule has 0 saturated carbocycles. The van der Waals surface area contributed by atoms with E-state index in [1.807, 2.05) is 0 Å². The van der Waals surface area contributed by atoms with Crippen molar-refractivity contribution in [2.24, 2.45) is 0 Å². The molecule has 4 nitrogen and oxygen atoms in total. The van der Waals surface area contributed by atoms with Gasteiger partial charge in [-0.1, -0.05) is 31.2 Å². The zero-order valence-electron chi connectivity index (χ0n) is 16.5. The number of aromatic nitrogens is 1. The minimum atomic E-state index is 0.766. The Labute approximate surface area is 163 Å². The Balaban J connectivity index is 1.64. The standard InChI is InChI=1S/C23H32N2O2/c1-2-16-27-23-13-4-3-8-20(23)19-25-14-6-11-21-9-5-10-22(24-21)12-7-17-26-18-15-25/h3-5,8-10,13H,2,6-7,11-12,14-19H2,1H3. The van der Waals surface area contributed by atoms with Crippen molar-refractivity contribution in [2.45, 2.75) is 45.6 Å². The average molecular weight is 369 g/mol. The second-order valence-corrected chi connectivity index (χ2v) is 7.17. The second-order valence-electron chi connectivity index (χ2n) is 7.17. The van der Waals surface area contributed by atoms with Crippen LogP contribution in [0.1, 0.15) is 43.1 Å². The summed E-state index contributed by atoms with van der Waals surface area (Å²) in [6.45, 7) is 7.38. The largest absolute Gasteiger partial charge is 0.493 e. The van der Waals surface area contributed by atoms with Crippen LogP contribution in [0.5, 0.6) is 5.75 Å². The first kappa shape index (κ1) is 19.8. The number of para-hydroxylation sites is 1. The van der Waals surface area contributed by atoms with Crippen molar-refractivity contribution in [3.05, 3.63) is 59.4 Å². The highest BCUT2D eigenvalue weighted by atomic mass is 16.5. The van der Waals surface area contributed by atoms with Gasteiger partial charge >= 0.3 is 0 Å². The lowest BCUT2D eigenvalue weighted by Gasteiger charge is -2.23. The van der Waals surface area contributed by atoms with Gasteiger partial charge in [0.2, 0.25) is 0 Å². The summed E-state index contributed by atoms with van der Waals surface area (Å²) in [5.41, 5.74) is 3.66. The first-order valence-electron chi connectivity index (χ1n) is 10.3. The highest BCUT2D eigenvalue weighted by Crippen LogP contribution is 2.20. The predicted octanol–water partition coefficient (Wildman–Crippen LogP) is 4.27. The van der Waals surface area contributed by atoms with Crippen LogP contribution in [-0.2, 0) is 24.1 Å². The Hall–Kier alpha value is -1.91. The molecular formula is C23H32N2O2. The summed E-state index contributed by atoms with van der Waals surface area (Å²) in [7, 11) is 0. The molecule has 2 bridgehead atoms. The topological polar surface area (TPSA) is 34.6 Å². The molecule has 3 rings (SSSR count). The molecule has 0 unspecified atom stereocenters. The van der Waals surface area contributed by atoms with Crippen LogP contribution in [0.4, 0.5) is 0 Å². The molecule has 27 heavy (non-hydrogen) atoms. The predicted molar refractivity (Wildman–Crippen MR) is 109 cm³/mol. The molecule has 2 aromatic rings. The summed E-state index contributed by atoms with van der Waals surface area (Å²) < 4.78 is 11.8. The third kappa shape index (κ3) is 6.64. The van der Waals surface area contributed by atoms with Crippen LogP contribution in [0.15, 0.2) is 42.5 Å². The maximum absolute atomic E-state index is 5.94. The van der Waals surface area contributed by atoms with Crippen LogP contribution in [0.25, 0.3) is 0 Å². The van der Waals surface area contributed by atoms with E-state index < -0.39 is 0 Å². The molecule has 0 amide bonds. The van der Waals surface area contributed by atoms with E-state index in [0.717, 1.165) is 77.3 Å². The summed E-state index contributed by atoms with van der Waals surface area (Å²) in [6.07, 6.45) is 5.19. The van der Waals surface area contributed by atoms with Crippen LogP contribution >= 0.6 is 0 Å². The van der Waals surface area contributed by atoms with Crippen LogP contribution in [0, 0.1) is 0 Å². The lowest BCUT2D eigenvalue weighted by molar-refractivity contribution is 0.0988. The fourth-order valence-corrected chi connectivity index (χ4v) is 3.44. The van der Waals surface area contributed by atoms with E-state index in [2.05, 4.69) is 54.3 Å². The van der Waals surface area contributed by atoms with Crippen molar-refractivity contribution >= 4 is 0 Å². The third-order valence-electron chi connectivity index (χ3n) is 4.87. The Bertz CT molecular complexity index is 690. The van der Waals surface area contributed by atoms with Crippen molar-refractivity contribution < 1.29 is 9.47 Å². The van der Waals surface area contributed by atoms with E-state index >= 15 is 0 Å². The quantitative estimate of drug-likeness (QED) is 0.789. The lowest BCUT2D eigenvalue weighted by atomic mass is 10.1. The highest BCUT2D eigenvalue weighted by molar-refractivity contribution is 5.33. The van der Waals surface area contributed by atoms with E-state index in [4.69, 9.17) is 14.5 Å². The van der Waals surface area contributed by atoms with E-state index in [0.29, 0.717) is 0 Å². The molecule has 2 heterocycles. The van der Waals surface area contributed by atoms with Gasteiger partial charge < -0.3 is 9.47 Å². The molecular weight excluding hydrogens is 336 g/mol. The van der Waals surface area contributed by atoms with Gasteiger partial charge in [0.15, 0.2) is 0 Å². The minimum Gasteiger partial charge on any atom is -0.493 e. The van der Waals surface area contributed by atoms with E-state index in [-0.39, 0.29) is 0 Å². The van der Waals surface area contributed by atoms with Gasteiger partial charge in [-0.05, 0) is 56.8 Å². The first-order valence-corrected chi connectivity index (χ1v) is 10.3. The van der Waals surface area contributed by atoms with Crippen LogP contribution in [0.3, 0.4) is 0 Å². The Kier molecular flexibility index (Phi) is 8.12. The van der Waals surface area contributed by atoms with Gasteiger partial charge in [0.1, 0.15) is 5.75 Å². The zero-order chi connectivity index (χ0) is 18.7. The molecule has 146 valence electrons. The first-order chi connectivity index (χ1) is 13.3. The van der Waals surface area contributed by atoms with Crippen LogP contribution in [-0.4, -0.2) is 42.8 Å². The van der Waals surface area contributed by atoms with Crippen molar-refractivity contribution in [2.75, 3.05) is 32.9 Å². The van der Waals surface area contributed by atoms with Crippen molar-refractivity contribution in [3.63, 3.8) is 0 Å². The second kappa shape index (κ2) is 11.1. The van der Waals surface area contributed by atoms with Crippen LogP contribution in [0.2, 0.25) is 0 Å². The Morgan fingerprint density at radius 1 is 0.963 bits per heavy atom. The van der Waals surface area contributed by atoms with E-state index in [1.165, 1.54) is 17.0 Å². The summed E-state index contributed by atoms with van der Waals surface area (Å²) in [4.78, 5) is 7.28. The fourth-order valence-electron chi connectivity index (χ4n) is 3.44. The number of benzene rings is 1. The molecule has 1 aromatic carbocycles. The smallest absolute Gasteiger partial charge is 0.123 e. The molecule has 0 atom stereocenters. The number of pyridine rings is 1. The van der Waals surface area contributed by atoms with Crippen molar-refractivity contribution in [1.29, 1.82) is 0 Å². The van der Waals surface area contributed by atoms with Crippen LogP contribution < -0.4 is 4.74 Å². The molecule has 1 aliphatic rings. The molecule has 0 radical (unpaired) electrons. The minimum absolute atomic E-state index is 0.766. The fraction of sp³-hybridized carbons (Fsp3) is 0.522. The summed E-state index contributed by atoms with van der Waals surface area (Å²) >= 11 is 0. The summed E-state index contributed by atoms with van der Waals surface area (Å²) in [5, 5.41) is 0. The molecule has 0 saturated heterocycles. The Morgan fingerprint density at radius 3 is 2.63 bits per heavy atom. The third-order valence-corrected chi connectivity index (χ3v) is 4.87. The van der Waals surface area contributed by atoms with Gasteiger partial charge in [0.05, 0.1) is 13.2 Å². The molecule has 1 aliphatic heterocycles. The molecule has 0 fully saturated rings. The molecule has 0 aliphatic carbocycles. The summed E-state index contributed by atoms with van der Waals surface area (Å²) in [5.74, 6) is 1.01. The number of aryl methyl sites for hydroxylation is 2. The van der Waals surface area contributed by atoms with Gasteiger partial charge in [-0.2, -0.15) is 0 Å². The number of rotatable bonds is 5. The van der Waals surface area contributed by atoms with Gasteiger partial charge in [0, 0.05) is 36.6 Å². The monoisotopic (exact) mass is 368 g/mol. The number of nitrogens with zero attached hydrogens (tertiary/aromatic N) is 2. The lowest BCUT2D eigenvalue weighted by Crippen LogP contribution is -2.29. The zero-order valence-corrected chi connectivity index (χ0v) is 16.5.